The highest BCUT2D eigenvalue weighted by molar-refractivity contribution is 5.90. The van der Waals surface area contributed by atoms with Gasteiger partial charge in [0.15, 0.2) is 0 Å². The lowest BCUT2D eigenvalue weighted by Gasteiger charge is -2.09. The summed E-state index contributed by atoms with van der Waals surface area (Å²) in [6.45, 7) is 7.56. The minimum Gasteiger partial charge on any atom is -0.497 e. The average molecular weight is 331 g/mol. The third-order valence-corrected chi connectivity index (χ3v) is 4.52. The highest BCUT2D eigenvalue weighted by Gasteiger charge is 2.17. The zero-order valence-corrected chi connectivity index (χ0v) is 15.4. The van der Waals surface area contributed by atoms with Gasteiger partial charge >= 0.3 is 5.97 Å². The van der Waals surface area contributed by atoms with Crippen molar-refractivity contribution in [3.8, 4) is 5.75 Å². The molecule has 4 heteroatoms. The number of fused-ring (bicyclic) bond motifs is 1. The molecule has 0 bridgehead atoms. The molecule has 0 N–H and O–H groups in total. The summed E-state index contributed by atoms with van der Waals surface area (Å²) in [5.74, 6) is 0.643. The molecule has 2 aromatic rings. The highest BCUT2D eigenvalue weighted by atomic mass is 16.5. The third-order valence-electron chi connectivity index (χ3n) is 4.52. The normalized spacial score (nSPS) is 11.0. The number of aromatic nitrogens is 1. The first-order chi connectivity index (χ1) is 11.6. The van der Waals surface area contributed by atoms with Crippen LogP contribution >= 0.6 is 0 Å². The fraction of sp³-hybridized carbons (Fsp3) is 0.550. The first kappa shape index (κ1) is 18.4. The second-order valence-corrected chi connectivity index (χ2v) is 6.14. The number of hydrogen-bond donors (Lipinski definition) is 0. The molecule has 0 radical (unpaired) electrons. The van der Waals surface area contributed by atoms with Crippen LogP contribution in [0.4, 0.5) is 0 Å². The summed E-state index contributed by atoms with van der Waals surface area (Å²) >= 11 is 0. The van der Waals surface area contributed by atoms with Crippen LogP contribution in [0.3, 0.4) is 0 Å². The highest BCUT2D eigenvalue weighted by Crippen LogP contribution is 2.30. The van der Waals surface area contributed by atoms with Gasteiger partial charge in [0.05, 0.1) is 20.1 Å². The van der Waals surface area contributed by atoms with Gasteiger partial charge in [-0.2, -0.15) is 0 Å². The van der Waals surface area contributed by atoms with Gasteiger partial charge in [0.25, 0.3) is 0 Å². The van der Waals surface area contributed by atoms with Crippen molar-refractivity contribution in [2.45, 2.75) is 59.4 Å². The lowest BCUT2D eigenvalue weighted by Crippen LogP contribution is -2.09. The lowest BCUT2D eigenvalue weighted by molar-refractivity contribution is -0.142. The number of ether oxygens (including phenoxy) is 2. The number of carbonyl (C=O) groups excluding carboxylic acids is 1. The molecule has 2 rings (SSSR count). The summed E-state index contributed by atoms with van der Waals surface area (Å²) in [5, 5.41) is 1.09. The number of esters is 1. The quantitative estimate of drug-likeness (QED) is 0.496. The van der Waals surface area contributed by atoms with E-state index in [0.717, 1.165) is 35.4 Å². The van der Waals surface area contributed by atoms with Crippen molar-refractivity contribution >= 4 is 16.9 Å². The molecule has 1 aromatic heterocycles. The molecule has 132 valence electrons. The van der Waals surface area contributed by atoms with E-state index in [1.807, 2.05) is 19.1 Å². The molecule has 0 aliphatic rings. The van der Waals surface area contributed by atoms with E-state index in [2.05, 4.69) is 24.5 Å². The van der Waals surface area contributed by atoms with Crippen molar-refractivity contribution in [2.75, 3.05) is 13.7 Å². The van der Waals surface area contributed by atoms with Gasteiger partial charge in [-0.25, -0.2) is 0 Å². The van der Waals surface area contributed by atoms with E-state index < -0.39 is 0 Å². The van der Waals surface area contributed by atoms with Crippen molar-refractivity contribution in [1.29, 1.82) is 0 Å². The Morgan fingerprint density at radius 2 is 1.96 bits per heavy atom. The molecular weight excluding hydrogens is 302 g/mol. The maximum absolute atomic E-state index is 12.0. The van der Waals surface area contributed by atoms with Crippen molar-refractivity contribution in [3.63, 3.8) is 0 Å². The van der Waals surface area contributed by atoms with Gasteiger partial charge in [0, 0.05) is 23.1 Å². The second-order valence-electron chi connectivity index (χ2n) is 6.14. The number of hydrogen-bond acceptors (Lipinski definition) is 3. The van der Waals surface area contributed by atoms with Gasteiger partial charge < -0.3 is 14.0 Å². The summed E-state index contributed by atoms with van der Waals surface area (Å²) in [6, 6.07) is 6.10. The number of methoxy groups -OCH3 is 1. The molecule has 0 amide bonds. The topological polar surface area (TPSA) is 40.5 Å². The maximum atomic E-state index is 12.0. The molecule has 0 fully saturated rings. The van der Waals surface area contributed by atoms with Gasteiger partial charge in [0.2, 0.25) is 0 Å². The first-order valence-electron chi connectivity index (χ1n) is 8.93. The Hall–Kier alpha value is -1.97. The molecule has 0 aliphatic carbocycles. The van der Waals surface area contributed by atoms with Crippen LogP contribution in [0.25, 0.3) is 10.9 Å². The predicted molar refractivity (Wildman–Crippen MR) is 97.7 cm³/mol. The van der Waals surface area contributed by atoms with Crippen LogP contribution in [0.2, 0.25) is 0 Å². The zero-order valence-electron chi connectivity index (χ0n) is 15.4. The molecule has 0 saturated carbocycles. The molecule has 0 aliphatic heterocycles. The van der Waals surface area contributed by atoms with E-state index in [4.69, 9.17) is 9.47 Å². The summed E-state index contributed by atoms with van der Waals surface area (Å²) in [4.78, 5) is 12.0. The van der Waals surface area contributed by atoms with Gasteiger partial charge in [-0.05, 0) is 44.0 Å². The Morgan fingerprint density at radius 3 is 2.62 bits per heavy atom. The van der Waals surface area contributed by atoms with Crippen LogP contribution in [0, 0.1) is 6.92 Å². The monoisotopic (exact) mass is 331 g/mol. The molecule has 0 atom stereocenters. The van der Waals surface area contributed by atoms with Gasteiger partial charge in [-0.15, -0.1) is 0 Å². The number of nitrogens with zero attached hydrogens (tertiary/aromatic N) is 1. The standard InChI is InChI=1S/C20H29NO3/c1-5-7-8-9-12-21-15(3)17(14-20(22)24-6-2)18-13-16(23-4)10-11-19(18)21/h10-11,13H,5-9,12,14H2,1-4H3. The van der Waals surface area contributed by atoms with Crippen LogP contribution in [0.5, 0.6) is 5.75 Å². The van der Waals surface area contributed by atoms with Crippen LogP contribution in [0.15, 0.2) is 18.2 Å². The molecule has 0 spiro atoms. The molecule has 0 unspecified atom stereocenters. The van der Waals surface area contributed by atoms with Crippen LogP contribution < -0.4 is 4.74 Å². The Morgan fingerprint density at radius 1 is 1.17 bits per heavy atom. The predicted octanol–water partition coefficient (Wildman–Crippen LogP) is 4.64. The van der Waals surface area contributed by atoms with E-state index >= 15 is 0 Å². The van der Waals surface area contributed by atoms with Crippen molar-refractivity contribution < 1.29 is 14.3 Å². The summed E-state index contributed by atoms with van der Waals surface area (Å²) in [6.07, 6.45) is 5.20. The van der Waals surface area contributed by atoms with Gasteiger partial charge in [-0.1, -0.05) is 26.2 Å². The summed E-state index contributed by atoms with van der Waals surface area (Å²) < 4.78 is 12.8. The van der Waals surface area contributed by atoms with Gasteiger partial charge in [0.1, 0.15) is 5.75 Å². The molecule has 1 heterocycles. The smallest absolute Gasteiger partial charge is 0.310 e. The van der Waals surface area contributed by atoms with Crippen LogP contribution in [-0.4, -0.2) is 24.3 Å². The van der Waals surface area contributed by atoms with Crippen LogP contribution in [-0.2, 0) is 22.5 Å². The number of carbonyl (C=O) groups is 1. The average Bonchev–Trinajstić information content (AvgIpc) is 2.83. The summed E-state index contributed by atoms with van der Waals surface area (Å²) in [7, 11) is 1.67. The number of unbranched alkanes of at least 4 members (excludes halogenated alkanes) is 3. The first-order valence-corrected chi connectivity index (χ1v) is 8.93. The molecule has 1 aromatic carbocycles. The Balaban J connectivity index is 2.38. The molecular formula is C20H29NO3. The van der Waals surface area contributed by atoms with Crippen molar-refractivity contribution in [3.05, 3.63) is 29.5 Å². The van der Waals surface area contributed by atoms with E-state index in [-0.39, 0.29) is 5.97 Å². The van der Waals surface area contributed by atoms with Crippen molar-refractivity contribution in [2.24, 2.45) is 0 Å². The minimum absolute atomic E-state index is 0.173. The largest absolute Gasteiger partial charge is 0.497 e. The minimum atomic E-state index is -0.173. The summed E-state index contributed by atoms with van der Waals surface area (Å²) in [5.41, 5.74) is 3.38. The van der Waals surface area contributed by atoms with Crippen molar-refractivity contribution in [1.82, 2.24) is 4.57 Å². The Labute approximate surface area is 144 Å². The molecule has 0 saturated heterocycles. The van der Waals surface area contributed by atoms with Gasteiger partial charge in [-0.3, -0.25) is 4.79 Å². The maximum Gasteiger partial charge on any atom is 0.310 e. The lowest BCUT2D eigenvalue weighted by atomic mass is 10.1. The molecule has 24 heavy (non-hydrogen) atoms. The van der Waals surface area contributed by atoms with Crippen LogP contribution in [0.1, 0.15) is 50.8 Å². The Kier molecular flexibility index (Phi) is 6.71. The molecule has 4 nitrogen and oxygen atoms in total. The van der Waals surface area contributed by atoms with E-state index in [1.54, 1.807) is 7.11 Å². The fourth-order valence-corrected chi connectivity index (χ4v) is 3.22. The van der Waals surface area contributed by atoms with E-state index in [9.17, 15) is 4.79 Å². The second kappa shape index (κ2) is 8.76. The number of rotatable bonds is 9. The third kappa shape index (κ3) is 4.11. The fourth-order valence-electron chi connectivity index (χ4n) is 3.22. The SMILES string of the molecule is CCCCCCn1c(C)c(CC(=O)OCC)c2cc(OC)ccc21. The van der Waals surface area contributed by atoms with E-state index in [0.29, 0.717) is 13.0 Å². The zero-order chi connectivity index (χ0) is 17.5. The van der Waals surface area contributed by atoms with E-state index in [1.165, 1.54) is 24.8 Å². The number of aryl methyl sites for hydroxylation is 1. The Bertz CT molecular complexity index is 688. The number of benzene rings is 1.